The highest BCUT2D eigenvalue weighted by atomic mass is 32.2. The van der Waals surface area contributed by atoms with Crippen LogP contribution in [0.15, 0.2) is 47.4 Å². The second-order valence-corrected chi connectivity index (χ2v) is 14.3. The van der Waals surface area contributed by atoms with Crippen molar-refractivity contribution in [3.05, 3.63) is 88.2 Å². The Hall–Kier alpha value is -4.04. The van der Waals surface area contributed by atoms with Crippen molar-refractivity contribution in [1.29, 1.82) is 0 Å². The molecule has 3 saturated carbocycles. The lowest BCUT2D eigenvalue weighted by Gasteiger charge is -2.65. The van der Waals surface area contributed by atoms with Crippen LogP contribution in [0.4, 0.5) is 27.6 Å². The number of halogens is 5. The van der Waals surface area contributed by atoms with Crippen molar-refractivity contribution < 1.29 is 50.2 Å². The van der Waals surface area contributed by atoms with Crippen LogP contribution < -0.4 is 4.90 Å². The minimum Gasteiger partial charge on any atom is -0.507 e. The number of hydrogen-bond acceptors (Lipinski definition) is 5. The van der Waals surface area contributed by atoms with Gasteiger partial charge in [0.1, 0.15) is 11.3 Å². The largest absolute Gasteiger partial charge is 0.507 e. The van der Waals surface area contributed by atoms with E-state index in [0.717, 1.165) is 22.6 Å². The summed E-state index contributed by atoms with van der Waals surface area (Å²) in [4.78, 5) is 24.5. The number of anilines is 1. The third-order valence-corrected chi connectivity index (χ3v) is 10.5. The molecular formula is C31H29F5N2O6S. The molecular weight excluding hydrogens is 623 g/mol. The number of rotatable bonds is 9. The second kappa shape index (κ2) is 11.1. The first kappa shape index (κ1) is 32.4. The van der Waals surface area contributed by atoms with Gasteiger partial charge in [0.15, 0.2) is 28.2 Å². The number of carbonyl (C=O) groups excluding carboxylic acids is 1. The van der Waals surface area contributed by atoms with E-state index in [2.05, 4.69) is 0 Å². The van der Waals surface area contributed by atoms with Gasteiger partial charge in [0, 0.05) is 17.3 Å². The van der Waals surface area contributed by atoms with Crippen LogP contribution in [-0.4, -0.2) is 46.9 Å². The molecule has 0 unspecified atom stereocenters. The molecule has 2 bridgehead atoms. The van der Waals surface area contributed by atoms with E-state index in [1.54, 1.807) is 18.2 Å². The zero-order chi connectivity index (χ0) is 33.2. The van der Waals surface area contributed by atoms with E-state index in [9.17, 15) is 50.2 Å². The third kappa shape index (κ3) is 5.54. The molecule has 3 aromatic rings. The molecule has 3 fully saturated rings. The number of aromatic carboxylic acids is 1. The summed E-state index contributed by atoms with van der Waals surface area (Å²) in [5, 5.41) is 19.7. The topological polar surface area (TPSA) is 115 Å². The predicted molar refractivity (Wildman–Crippen MR) is 152 cm³/mol. The molecule has 0 heterocycles. The maximum absolute atomic E-state index is 14.8. The van der Waals surface area contributed by atoms with E-state index in [-0.39, 0.29) is 42.8 Å². The number of carboxylic acids is 1. The number of carboxylic acid groups (broad SMARTS) is 1. The molecule has 1 amide bonds. The SMILES string of the molecule is CC(C)(C)c1cccc(CN(C(=O)CN(C23CC(C2)C3)S(=O)(=O)c2c(F)c(F)c(F)c(F)c2F)c2ccc(C(=O)O)c(O)c2)c1. The summed E-state index contributed by atoms with van der Waals surface area (Å²) in [6.45, 7) is 4.63. The highest BCUT2D eigenvalue weighted by Gasteiger charge is 2.64. The molecule has 14 heteroatoms. The van der Waals surface area contributed by atoms with Gasteiger partial charge in [-0.25, -0.2) is 35.2 Å². The summed E-state index contributed by atoms with van der Waals surface area (Å²) in [5.41, 5.74) is -0.611. The van der Waals surface area contributed by atoms with Gasteiger partial charge in [-0.1, -0.05) is 45.0 Å². The van der Waals surface area contributed by atoms with Crippen LogP contribution in [0.2, 0.25) is 0 Å². The van der Waals surface area contributed by atoms with Crippen molar-refractivity contribution in [2.45, 2.75) is 62.4 Å². The number of nitrogens with zero attached hydrogens (tertiary/aromatic N) is 2. The third-order valence-electron chi connectivity index (χ3n) is 8.49. The summed E-state index contributed by atoms with van der Waals surface area (Å²) in [6, 6.07) is 10.4. The molecule has 45 heavy (non-hydrogen) atoms. The number of benzene rings is 3. The van der Waals surface area contributed by atoms with Crippen LogP contribution in [-0.2, 0) is 26.8 Å². The Labute approximate surface area is 255 Å². The van der Waals surface area contributed by atoms with Gasteiger partial charge in [0.05, 0.1) is 13.1 Å². The zero-order valence-corrected chi connectivity index (χ0v) is 25.2. The van der Waals surface area contributed by atoms with Crippen molar-refractivity contribution in [1.82, 2.24) is 4.31 Å². The van der Waals surface area contributed by atoms with Gasteiger partial charge in [-0.3, -0.25) is 4.79 Å². The van der Waals surface area contributed by atoms with Gasteiger partial charge in [-0.15, -0.1) is 0 Å². The van der Waals surface area contributed by atoms with Crippen LogP contribution in [0.5, 0.6) is 5.75 Å². The van der Waals surface area contributed by atoms with Gasteiger partial charge in [-0.2, -0.15) is 4.31 Å². The Morgan fingerprint density at radius 2 is 1.49 bits per heavy atom. The Morgan fingerprint density at radius 3 is 1.98 bits per heavy atom. The monoisotopic (exact) mass is 652 g/mol. The Morgan fingerprint density at radius 1 is 0.911 bits per heavy atom. The molecule has 3 aromatic carbocycles. The highest BCUT2D eigenvalue weighted by Crippen LogP contribution is 2.61. The van der Waals surface area contributed by atoms with E-state index in [1.807, 2.05) is 26.8 Å². The Bertz CT molecular complexity index is 1800. The molecule has 8 nitrogen and oxygen atoms in total. The van der Waals surface area contributed by atoms with E-state index >= 15 is 0 Å². The van der Waals surface area contributed by atoms with Crippen LogP contribution >= 0.6 is 0 Å². The minimum absolute atomic E-state index is 0.0326. The lowest BCUT2D eigenvalue weighted by molar-refractivity contribution is -0.131. The minimum atomic E-state index is -5.48. The van der Waals surface area contributed by atoms with Crippen molar-refractivity contribution in [2.24, 2.45) is 5.92 Å². The van der Waals surface area contributed by atoms with E-state index < -0.39 is 79.3 Å². The van der Waals surface area contributed by atoms with Crippen LogP contribution in [0, 0.1) is 35.0 Å². The average Bonchev–Trinajstić information content (AvgIpc) is 2.91. The van der Waals surface area contributed by atoms with Crippen molar-refractivity contribution in [3.8, 4) is 5.75 Å². The van der Waals surface area contributed by atoms with Gasteiger partial charge < -0.3 is 15.1 Å². The highest BCUT2D eigenvalue weighted by molar-refractivity contribution is 7.89. The summed E-state index contributed by atoms with van der Waals surface area (Å²) < 4.78 is 99.6. The predicted octanol–water partition coefficient (Wildman–Crippen LogP) is 5.86. The normalized spacial score (nSPS) is 19.2. The molecule has 6 rings (SSSR count). The fourth-order valence-electron chi connectivity index (χ4n) is 5.89. The molecule has 0 aromatic heterocycles. The van der Waals surface area contributed by atoms with E-state index in [0.29, 0.717) is 9.87 Å². The maximum Gasteiger partial charge on any atom is 0.339 e. The standard InChI is InChI=1S/C31H29F5N2O6S/c1-30(2,3)18-6-4-5-16(9-18)14-37(19-7-8-20(29(41)42)21(39)10-19)22(40)15-38(31-11-17(12-31)13-31)45(43,44)28-26(35)24(33)23(32)25(34)27(28)36/h4-10,17,39H,11-15H2,1-3H3,(H,41,42). The van der Waals surface area contributed by atoms with Crippen molar-refractivity contribution >= 4 is 27.6 Å². The number of aromatic hydroxyl groups is 1. The Kier molecular flexibility index (Phi) is 7.97. The maximum atomic E-state index is 14.8. The first-order valence-corrected chi connectivity index (χ1v) is 15.3. The number of sulfonamides is 1. The van der Waals surface area contributed by atoms with Gasteiger partial charge in [0.25, 0.3) is 0 Å². The van der Waals surface area contributed by atoms with E-state index in [4.69, 9.17) is 0 Å². The molecule has 0 aliphatic heterocycles. The lowest BCUT2D eigenvalue weighted by Crippen LogP contribution is -2.70. The summed E-state index contributed by atoms with van der Waals surface area (Å²) in [5.74, 6) is -15.5. The van der Waals surface area contributed by atoms with Gasteiger partial charge in [-0.05, 0) is 53.9 Å². The summed E-state index contributed by atoms with van der Waals surface area (Å²) in [6.07, 6.45) is 0.657. The molecule has 3 aliphatic carbocycles. The fraction of sp³-hybridized carbons (Fsp3) is 0.355. The smallest absolute Gasteiger partial charge is 0.339 e. The van der Waals surface area contributed by atoms with Crippen molar-refractivity contribution in [2.75, 3.05) is 11.4 Å². The quantitative estimate of drug-likeness (QED) is 0.170. The van der Waals surface area contributed by atoms with E-state index in [1.165, 1.54) is 6.07 Å². The number of carbonyl (C=O) groups is 2. The first-order valence-electron chi connectivity index (χ1n) is 13.9. The van der Waals surface area contributed by atoms with Crippen molar-refractivity contribution in [3.63, 3.8) is 0 Å². The number of amides is 1. The van der Waals surface area contributed by atoms with Crippen LogP contribution in [0.25, 0.3) is 0 Å². The second-order valence-electron chi connectivity index (χ2n) is 12.6. The summed E-state index contributed by atoms with van der Waals surface area (Å²) in [7, 11) is -5.48. The zero-order valence-electron chi connectivity index (χ0n) is 24.4. The summed E-state index contributed by atoms with van der Waals surface area (Å²) >= 11 is 0. The average molecular weight is 653 g/mol. The molecule has 3 aliphatic rings. The molecule has 0 saturated heterocycles. The fourth-order valence-corrected chi connectivity index (χ4v) is 7.75. The molecule has 0 spiro atoms. The molecule has 0 atom stereocenters. The first-order chi connectivity index (χ1) is 20.9. The lowest BCUT2D eigenvalue weighted by atomic mass is 9.50. The molecule has 2 N–H and O–H groups in total. The van der Waals surface area contributed by atoms with Crippen LogP contribution in [0.1, 0.15) is 61.5 Å². The van der Waals surface area contributed by atoms with Gasteiger partial charge >= 0.3 is 5.97 Å². The van der Waals surface area contributed by atoms with Crippen LogP contribution in [0.3, 0.4) is 0 Å². The molecule has 0 radical (unpaired) electrons. The number of hydrogen-bond donors (Lipinski definition) is 2. The van der Waals surface area contributed by atoms with Gasteiger partial charge in [0.2, 0.25) is 21.7 Å². The Balaban J connectivity index is 1.59. The number of phenols is 1. The molecule has 240 valence electrons.